The van der Waals surface area contributed by atoms with Gasteiger partial charge >= 0.3 is 0 Å². The Morgan fingerprint density at radius 2 is 2.20 bits per heavy atom. The van der Waals surface area contributed by atoms with Crippen LogP contribution < -0.4 is 10.1 Å². The lowest BCUT2D eigenvalue weighted by Crippen LogP contribution is -2.41. The van der Waals surface area contributed by atoms with Gasteiger partial charge in [0.25, 0.3) is 0 Å². The summed E-state index contributed by atoms with van der Waals surface area (Å²) in [6.45, 7) is 5.48. The van der Waals surface area contributed by atoms with Crippen LogP contribution in [0.2, 0.25) is 0 Å². The first-order valence-electron chi connectivity index (χ1n) is 8.10. The summed E-state index contributed by atoms with van der Waals surface area (Å²) < 4.78 is 5.72. The number of rotatable bonds is 5. The van der Waals surface area contributed by atoms with Gasteiger partial charge in [-0.1, -0.05) is 19.4 Å². The molecular formula is C17H26N2O. The third-order valence-electron chi connectivity index (χ3n) is 4.51. The van der Waals surface area contributed by atoms with Crippen molar-refractivity contribution in [3.63, 3.8) is 0 Å². The first-order valence-corrected chi connectivity index (χ1v) is 8.10. The van der Waals surface area contributed by atoms with Crippen LogP contribution in [-0.2, 0) is 0 Å². The van der Waals surface area contributed by atoms with Gasteiger partial charge in [0.05, 0.1) is 6.61 Å². The largest absolute Gasteiger partial charge is 0.494 e. The minimum absolute atomic E-state index is 0.608. The zero-order chi connectivity index (χ0) is 13.8. The number of benzene rings is 1. The molecule has 2 atom stereocenters. The van der Waals surface area contributed by atoms with Crippen LogP contribution in [0.15, 0.2) is 24.3 Å². The molecule has 2 unspecified atom stereocenters. The highest BCUT2D eigenvalue weighted by atomic mass is 16.5. The Hall–Kier alpha value is -1.22. The Bertz CT molecular complexity index is 435. The lowest BCUT2D eigenvalue weighted by Gasteiger charge is -2.33. The van der Waals surface area contributed by atoms with Crippen LogP contribution in [0.3, 0.4) is 0 Å². The van der Waals surface area contributed by atoms with E-state index < -0.39 is 0 Å². The van der Waals surface area contributed by atoms with E-state index in [1.54, 1.807) is 0 Å². The van der Waals surface area contributed by atoms with E-state index in [0.717, 1.165) is 24.8 Å². The molecule has 1 N–H and O–H groups in total. The maximum Gasteiger partial charge on any atom is 0.121 e. The predicted octanol–water partition coefficient (Wildman–Crippen LogP) is 3.51. The molecule has 3 heteroatoms. The molecule has 2 aliphatic rings. The molecule has 3 rings (SSSR count). The minimum Gasteiger partial charge on any atom is -0.494 e. The van der Waals surface area contributed by atoms with Gasteiger partial charge in [-0.15, -0.1) is 0 Å². The van der Waals surface area contributed by atoms with Crippen molar-refractivity contribution in [2.75, 3.05) is 25.0 Å². The number of piperidine rings is 1. The first-order chi connectivity index (χ1) is 9.86. The number of hydrogen-bond donors (Lipinski definition) is 1. The molecule has 2 heterocycles. The zero-order valence-corrected chi connectivity index (χ0v) is 12.5. The van der Waals surface area contributed by atoms with Gasteiger partial charge in [-0.2, -0.15) is 0 Å². The van der Waals surface area contributed by atoms with Gasteiger partial charge in [0, 0.05) is 30.4 Å². The lowest BCUT2D eigenvalue weighted by molar-refractivity contribution is 0.193. The molecule has 3 nitrogen and oxygen atoms in total. The minimum atomic E-state index is 0.608. The molecule has 110 valence electrons. The molecule has 1 aromatic carbocycles. The van der Waals surface area contributed by atoms with Crippen molar-refractivity contribution in [2.24, 2.45) is 0 Å². The summed E-state index contributed by atoms with van der Waals surface area (Å²) in [5, 5.41) is 3.74. The fourth-order valence-electron chi connectivity index (χ4n) is 3.53. The molecule has 2 saturated heterocycles. The zero-order valence-electron chi connectivity index (χ0n) is 12.5. The van der Waals surface area contributed by atoms with E-state index in [2.05, 4.69) is 35.3 Å². The van der Waals surface area contributed by atoms with E-state index in [4.69, 9.17) is 4.74 Å². The third-order valence-corrected chi connectivity index (χ3v) is 4.51. The standard InChI is InChI=1S/C17H26N2O/c1-2-12-20-15-7-5-6-14(13-15)18-16-9-11-19-10-4-3-8-17(16)19/h5-7,13,16-18H,2-4,8-12H2,1H3. The molecule has 0 amide bonds. The van der Waals surface area contributed by atoms with Crippen LogP contribution in [0.1, 0.15) is 39.0 Å². The summed E-state index contributed by atoms with van der Waals surface area (Å²) in [5.41, 5.74) is 1.20. The topological polar surface area (TPSA) is 24.5 Å². The molecule has 0 radical (unpaired) electrons. The van der Waals surface area contributed by atoms with E-state index in [1.807, 2.05) is 6.07 Å². The average Bonchev–Trinajstić information content (AvgIpc) is 2.89. The van der Waals surface area contributed by atoms with E-state index in [9.17, 15) is 0 Å². The highest BCUT2D eigenvalue weighted by molar-refractivity contribution is 5.49. The molecule has 1 aromatic rings. The number of ether oxygens (including phenoxy) is 1. The Morgan fingerprint density at radius 3 is 3.10 bits per heavy atom. The highest BCUT2D eigenvalue weighted by Crippen LogP contribution is 2.30. The first kappa shape index (κ1) is 13.7. The summed E-state index contributed by atoms with van der Waals surface area (Å²) in [5.74, 6) is 0.982. The second-order valence-corrected chi connectivity index (χ2v) is 6.01. The molecule has 2 aliphatic heterocycles. The molecular weight excluding hydrogens is 248 g/mol. The van der Waals surface area contributed by atoms with Crippen LogP contribution in [0, 0.1) is 0 Å². The van der Waals surface area contributed by atoms with Crippen molar-refractivity contribution in [3.8, 4) is 5.75 Å². The molecule has 20 heavy (non-hydrogen) atoms. The van der Waals surface area contributed by atoms with Gasteiger partial charge in [0.1, 0.15) is 5.75 Å². The number of fused-ring (bicyclic) bond motifs is 1. The van der Waals surface area contributed by atoms with Gasteiger partial charge in [-0.05, 0) is 44.4 Å². The second-order valence-electron chi connectivity index (χ2n) is 6.01. The van der Waals surface area contributed by atoms with Crippen molar-refractivity contribution >= 4 is 5.69 Å². The summed E-state index contributed by atoms with van der Waals surface area (Å²) >= 11 is 0. The van der Waals surface area contributed by atoms with Crippen LogP contribution >= 0.6 is 0 Å². The number of nitrogens with one attached hydrogen (secondary N) is 1. The molecule has 0 aromatic heterocycles. The van der Waals surface area contributed by atoms with Gasteiger partial charge in [0.15, 0.2) is 0 Å². The molecule has 0 saturated carbocycles. The number of anilines is 1. The van der Waals surface area contributed by atoms with Crippen LogP contribution in [0.5, 0.6) is 5.75 Å². The van der Waals surface area contributed by atoms with E-state index in [-0.39, 0.29) is 0 Å². The summed E-state index contributed by atoms with van der Waals surface area (Å²) in [4.78, 5) is 2.67. The highest BCUT2D eigenvalue weighted by Gasteiger charge is 2.35. The summed E-state index contributed by atoms with van der Waals surface area (Å²) in [7, 11) is 0. The average molecular weight is 274 g/mol. The monoisotopic (exact) mass is 274 g/mol. The second kappa shape index (κ2) is 6.49. The van der Waals surface area contributed by atoms with Gasteiger partial charge in [0.2, 0.25) is 0 Å². The van der Waals surface area contributed by atoms with Crippen molar-refractivity contribution < 1.29 is 4.74 Å². The Kier molecular flexibility index (Phi) is 4.46. The SMILES string of the molecule is CCCOc1cccc(NC2CCN3CCCCC23)c1. The van der Waals surface area contributed by atoms with Crippen LogP contribution in [-0.4, -0.2) is 36.7 Å². The molecule has 0 bridgehead atoms. The van der Waals surface area contributed by atoms with Gasteiger partial charge < -0.3 is 10.1 Å². The Balaban J connectivity index is 1.62. The maximum atomic E-state index is 5.72. The fourth-order valence-corrected chi connectivity index (χ4v) is 3.53. The molecule has 0 aliphatic carbocycles. The van der Waals surface area contributed by atoms with Crippen molar-refractivity contribution in [3.05, 3.63) is 24.3 Å². The number of hydrogen-bond acceptors (Lipinski definition) is 3. The molecule has 2 fully saturated rings. The fraction of sp³-hybridized carbons (Fsp3) is 0.647. The quantitative estimate of drug-likeness (QED) is 0.889. The number of nitrogens with zero attached hydrogens (tertiary/aromatic N) is 1. The van der Waals surface area contributed by atoms with E-state index >= 15 is 0 Å². The van der Waals surface area contributed by atoms with E-state index in [1.165, 1.54) is 44.5 Å². The Morgan fingerprint density at radius 1 is 1.25 bits per heavy atom. The van der Waals surface area contributed by atoms with Crippen LogP contribution in [0.4, 0.5) is 5.69 Å². The van der Waals surface area contributed by atoms with Crippen molar-refractivity contribution in [1.82, 2.24) is 4.90 Å². The van der Waals surface area contributed by atoms with Gasteiger partial charge in [-0.3, -0.25) is 4.90 Å². The lowest BCUT2D eigenvalue weighted by atomic mass is 9.99. The smallest absolute Gasteiger partial charge is 0.121 e. The van der Waals surface area contributed by atoms with E-state index in [0.29, 0.717) is 6.04 Å². The van der Waals surface area contributed by atoms with Crippen molar-refractivity contribution in [2.45, 2.75) is 51.1 Å². The Labute approximate surface area is 122 Å². The normalized spacial score (nSPS) is 26.2. The molecule has 0 spiro atoms. The predicted molar refractivity (Wildman–Crippen MR) is 83.5 cm³/mol. The summed E-state index contributed by atoms with van der Waals surface area (Å²) in [6, 6.07) is 9.77. The maximum absolute atomic E-state index is 5.72. The van der Waals surface area contributed by atoms with Gasteiger partial charge in [-0.25, -0.2) is 0 Å². The van der Waals surface area contributed by atoms with Crippen molar-refractivity contribution in [1.29, 1.82) is 0 Å². The summed E-state index contributed by atoms with van der Waals surface area (Å²) in [6.07, 6.45) is 6.44. The third kappa shape index (κ3) is 3.09. The van der Waals surface area contributed by atoms with Crippen LogP contribution in [0.25, 0.3) is 0 Å².